The van der Waals surface area contributed by atoms with Gasteiger partial charge in [-0.3, -0.25) is 4.79 Å². The number of rotatable bonds is 3. The number of H-pyrrole nitrogens is 1. The fraction of sp³-hybridized carbons (Fsp3) is 0.160. The van der Waals surface area contributed by atoms with Crippen molar-refractivity contribution in [3.8, 4) is 5.82 Å². The molecule has 0 saturated carbocycles. The summed E-state index contributed by atoms with van der Waals surface area (Å²) in [5, 5.41) is 10.1. The molecule has 0 aliphatic heterocycles. The Balaban J connectivity index is 1.55. The first-order valence-electron chi connectivity index (χ1n) is 10.3. The van der Waals surface area contributed by atoms with Crippen LogP contribution in [0.2, 0.25) is 5.02 Å². The lowest BCUT2D eigenvalue weighted by atomic mass is 10.0. The molecule has 32 heavy (non-hydrogen) atoms. The van der Waals surface area contributed by atoms with Crippen molar-refractivity contribution < 1.29 is 4.79 Å². The first kappa shape index (κ1) is 20.3. The average molecular weight is 444 g/mol. The fourth-order valence-electron chi connectivity index (χ4n) is 4.12. The zero-order valence-corrected chi connectivity index (χ0v) is 19.0. The molecular weight excluding hydrogens is 422 g/mol. The highest BCUT2D eigenvalue weighted by atomic mass is 35.5. The first-order valence-corrected chi connectivity index (χ1v) is 10.7. The Bertz CT molecular complexity index is 1530. The Labute approximate surface area is 190 Å². The van der Waals surface area contributed by atoms with Gasteiger partial charge in [-0.2, -0.15) is 9.78 Å². The van der Waals surface area contributed by atoms with Gasteiger partial charge in [-0.25, -0.2) is 4.98 Å². The highest BCUT2D eigenvalue weighted by Crippen LogP contribution is 2.27. The third-order valence-corrected chi connectivity index (χ3v) is 5.90. The van der Waals surface area contributed by atoms with E-state index >= 15 is 0 Å². The van der Waals surface area contributed by atoms with Crippen molar-refractivity contribution in [3.05, 3.63) is 81.6 Å². The number of carbonyl (C=O) groups excluding carboxylic acids is 1. The van der Waals surface area contributed by atoms with Crippen LogP contribution < -0.4 is 5.32 Å². The van der Waals surface area contributed by atoms with Gasteiger partial charge in [-0.15, -0.1) is 0 Å². The molecule has 2 N–H and O–H groups in total. The van der Waals surface area contributed by atoms with Gasteiger partial charge in [0.2, 0.25) is 0 Å². The number of carbonyl (C=O) groups is 1. The Morgan fingerprint density at radius 1 is 1.03 bits per heavy atom. The number of hydrogen-bond donors (Lipinski definition) is 2. The Morgan fingerprint density at radius 2 is 1.84 bits per heavy atom. The predicted octanol–water partition coefficient (Wildman–Crippen LogP) is 6.04. The summed E-state index contributed by atoms with van der Waals surface area (Å²) in [7, 11) is 0. The summed E-state index contributed by atoms with van der Waals surface area (Å²) in [6.45, 7) is 8.09. The molecule has 0 fully saturated rings. The van der Waals surface area contributed by atoms with Crippen molar-refractivity contribution in [1.29, 1.82) is 0 Å². The molecule has 0 aliphatic rings. The van der Waals surface area contributed by atoms with Crippen molar-refractivity contribution in [2.24, 2.45) is 0 Å². The Morgan fingerprint density at radius 3 is 2.62 bits per heavy atom. The lowest BCUT2D eigenvalue weighted by Gasteiger charge is -2.12. The zero-order valence-electron chi connectivity index (χ0n) is 18.2. The van der Waals surface area contributed by atoms with E-state index in [-0.39, 0.29) is 5.91 Å². The summed E-state index contributed by atoms with van der Waals surface area (Å²) in [6.07, 6.45) is 0. The molecule has 3 aromatic heterocycles. The molecule has 0 atom stereocenters. The van der Waals surface area contributed by atoms with Crippen LogP contribution in [0.15, 0.2) is 48.5 Å². The number of aryl methyl sites for hydroxylation is 4. The second kappa shape index (κ2) is 7.50. The number of amides is 1. The highest BCUT2D eigenvalue weighted by Gasteiger charge is 2.17. The van der Waals surface area contributed by atoms with E-state index in [1.807, 2.05) is 31.2 Å². The molecule has 6 nitrogen and oxygen atoms in total. The van der Waals surface area contributed by atoms with E-state index in [0.29, 0.717) is 22.4 Å². The third kappa shape index (κ3) is 3.42. The number of hydrogen-bond acceptors (Lipinski definition) is 3. The second-order valence-electron chi connectivity index (χ2n) is 8.20. The largest absolute Gasteiger partial charge is 0.349 e. The second-order valence-corrected chi connectivity index (χ2v) is 8.61. The molecule has 5 aromatic rings. The summed E-state index contributed by atoms with van der Waals surface area (Å²) >= 11 is 6.24. The number of pyridine rings is 1. The van der Waals surface area contributed by atoms with Crippen molar-refractivity contribution in [2.75, 3.05) is 5.32 Å². The van der Waals surface area contributed by atoms with Gasteiger partial charge in [0.1, 0.15) is 11.5 Å². The number of nitrogens with one attached hydrogen (secondary N) is 2. The molecule has 7 heteroatoms. The maximum atomic E-state index is 13.0. The Kier molecular flexibility index (Phi) is 4.75. The summed E-state index contributed by atoms with van der Waals surface area (Å²) in [4.78, 5) is 21.0. The number of para-hydroxylation sites is 1. The highest BCUT2D eigenvalue weighted by molar-refractivity contribution is 6.35. The molecule has 0 unspecified atom stereocenters. The molecule has 1 amide bonds. The van der Waals surface area contributed by atoms with Crippen LogP contribution in [-0.4, -0.2) is 25.7 Å². The van der Waals surface area contributed by atoms with Crippen molar-refractivity contribution in [3.63, 3.8) is 0 Å². The molecule has 0 aliphatic carbocycles. The van der Waals surface area contributed by atoms with Crippen LogP contribution in [0.1, 0.15) is 32.9 Å². The number of nitrogens with zero attached hydrogens (tertiary/aromatic N) is 3. The van der Waals surface area contributed by atoms with E-state index < -0.39 is 0 Å². The average Bonchev–Trinajstić information content (AvgIpc) is 3.33. The van der Waals surface area contributed by atoms with Crippen LogP contribution in [0.5, 0.6) is 0 Å². The topological polar surface area (TPSA) is 75.6 Å². The number of aromatic amines is 1. The number of aromatic nitrogens is 4. The van der Waals surface area contributed by atoms with Gasteiger partial charge in [0.15, 0.2) is 5.82 Å². The van der Waals surface area contributed by atoms with Crippen LogP contribution in [0.4, 0.5) is 5.82 Å². The minimum atomic E-state index is -0.275. The van der Waals surface area contributed by atoms with Crippen LogP contribution in [0.25, 0.3) is 27.6 Å². The molecule has 0 radical (unpaired) electrons. The maximum Gasteiger partial charge on any atom is 0.273 e. The van der Waals surface area contributed by atoms with Gasteiger partial charge >= 0.3 is 0 Å². The number of halogens is 1. The minimum Gasteiger partial charge on any atom is -0.349 e. The molecule has 0 bridgehead atoms. The molecule has 160 valence electrons. The van der Waals surface area contributed by atoms with Crippen LogP contribution in [0, 0.1) is 27.7 Å². The Hall–Kier alpha value is -3.64. The van der Waals surface area contributed by atoms with Gasteiger partial charge in [0, 0.05) is 16.8 Å². The van der Waals surface area contributed by atoms with Gasteiger partial charge in [0.05, 0.1) is 21.7 Å². The third-order valence-electron chi connectivity index (χ3n) is 5.58. The quantitative estimate of drug-likeness (QED) is 0.357. The van der Waals surface area contributed by atoms with Gasteiger partial charge in [-0.1, -0.05) is 35.4 Å². The summed E-state index contributed by atoms with van der Waals surface area (Å²) in [5.74, 6) is 0.932. The van der Waals surface area contributed by atoms with E-state index in [1.165, 1.54) is 5.56 Å². The molecule has 3 heterocycles. The van der Waals surface area contributed by atoms with Crippen molar-refractivity contribution in [2.45, 2.75) is 27.7 Å². The number of anilines is 1. The van der Waals surface area contributed by atoms with Gasteiger partial charge < -0.3 is 10.3 Å². The molecule has 5 rings (SSSR count). The minimum absolute atomic E-state index is 0.275. The number of fused-ring (bicyclic) bond motifs is 2. The van der Waals surface area contributed by atoms with E-state index in [4.69, 9.17) is 16.6 Å². The van der Waals surface area contributed by atoms with Crippen molar-refractivity contribution >= 4 is 45.1 Å². The monoisotopic (exact) mass is 443 g/mol. The summed E-state index contributed by atoms with van der Waals surface area (Å²) < 4.78 is 1.68. The van der Waals surface area contributed by atoms with E-state index in [0.717, 1.165) is 38.6 Å². The van der Waals surface area contributed by atoms with Gasteiger partial charge in [-0.05, 0) is 63.1 Å². The standard InChI is InChI=1S/C25H22ClN5O/c1-13-8-15(3)23-18(9-13)14(2)10-21(28-23)31-22(11-16(4)30-31)29-25(32)20-12-17-6-5-7-19(26)24(17)27-20/h5-12,27H,1-4H3,(H,29,32). The van der Waals surface area contributed by atoms with Crippen molar-refractivity contribution in [1.82, 2.24) is 19.7 Å². The van der Waals surface area contributed by atoms with Gasteiger partial charge in [0.25, 0.3) is 5.91 Å². The van der Waals surface area contributed by atoms with Crippen LogP contribution in [0.3, 0.4) is 0 Å². The zero-order chi connectivity index (χ0) is 22.6. The lowest BCUT2D eigenvalue weighted by Crippen LogP contribution is -2.16. The normalized spacial score (nSPS) is 11.4. The summed E-state index contributed by atoms with van der Waals surface area (Å²) in [6, 6.07) is 15.4. The van der Waals surface area contributed by atoms with E-state index in [9.17, 15) is 4.79 Å². The smallest absolute Gasteiger partial charge is 0.273 e. The molecule has 2 aromatic carbocycles. The molecular formula is C25H22ClN5O. The first-order chi connectivity index (χ1) is 15.3. The summed E-state index contributed by atoms with van der Waals surface area (Å²) in [5.41, 5.74) is 6.28. The molecule has 0 spiro atoms. The molecule has 0 saturated heterocycles. The number of benzene rings is 2. The fourth-order valence-corrected chi connectivity index (χ4v) is 4.35. The van der Waals surface area contributed by atoms with Crippen LogP contribution in [-0.2, 0) is 0 Å². The lowest BCUT2D eigenvalue weighted by molar-refractivity contribution is 0.102. The van der Waals surface area contributed by atoms with E-state index in [1.54, 1.807) is 16.8 Å². The maximum absolute atomic E-state index is 13.0. The van der Waals surface area contributed by atoms with Crippen LogP contribution >= 0.6 is 11.6 Å². The van der Waals surface area contributed by atoms with E-state index in [2.05, 4.69) is 48.3 Å². The predicted molar refractivity (Wildman–Crippen MR) is 129 cm³/mol. The SMILES string of the molecule is Cc1cc(C)c2nc(-n3nc(C)cc3NC(=O)c3cc4cccc(Cl)c4[nH]3)cc(C)c2c1.